The number of rotatable bonds is 16. The van der Waals surface area contributed by atoms with E-state index in [1.165, 1.54) is 24.0 Å². The largest absolute Gasteiger partial charge is 0.488 e. The van der Waals surface area contributed by atoms with Gasteiger partial charge >= 0.3 is 0 Å². The minimum atomic E-state index is 0. The van der Waals surface area contributed by atoms with Gasteiger partial charge in [-0.25, -0.2) is 0 Å². The first-order chi connectivity index (χ1) is 18.4. The number of benzene rings is 3. The standard InChI is InChI=1S/C32H42I2N2O2.ClH/c1-5-23(3)17-35-19-25-10-12-31(29(33)15-25)37-21-27-8-7-9-28(14-27)22-38-32-13-11-26(16-30(32)34)20-36-18-24(4)6-2;/h7-16,23-24,35-36H,5-6,17-22H2,1-4H3;1H/t23-,24-;/m0./s1. The second-order valence-corrected chi connectivity index (χ2v) is 12.5. The Bertz CT molecular complexity index is 1060. The van der Waals surface area contributed by atoms with E-state index in [0.717, 1.165) is 55.9 Å². The number of nitrogens with one attached hydrogen (secondary N) is 2. The summed E-state index contributed by atoms with van der Waals surface area (Å²) in [5.41, 5.74) is 4.85. The Balaban J connectivity index is 0.00000533. The first kappa shape index (κ1) is 34.1. The van der Waals surface area contributed by atoms with E-state index < -0.39 is 0 Å². The van der Waals surface area contributed by atoms with E-state index in [4.69, 9.17) is 9.47 Å². The summed E-state index contributed by atoms with van der Waals surface area (Å²) >= 11 is 4.73. The lowest BCUT2D eigenvalue weighted by molar-refractivity contribution is 0.297. The molecule has 0 amide bonds. The molecule has 0 saturated heterocycles. The van der Waals surface area contributed by atoms with E-state index in [9.17, 15) is 0 Å². The van der Waals surface area contributed by atoms with Crippen LogP contribution in [0.5, 0.6) is 11.5 Å². The van der Waals surface area contributed by atoms with Gasteiger partial charge in [-0.3, -0.25) is 0 Å². The van der Waals surface area contributed by atoms with Crippen molar-refractivity contribution in [3.05, 3.63) is 90.1 Å². The molecule has 39 heavy (non-hydrogen) atoms. The molecule has 4 nitrogen and oxygen atoms in total. The molecule has 0 radical (unpaired) electrons. The summed E-state index contributed by atoms with van der Waals surface area (Å²) in [5.74, 6) is 3.25. The molecule has 0 spiro atoms. The Labute approximate surface area is 269 Å². The lowest BCUT2D eigenvalue weighted by atomic mass is 10.1. The molecule has 0 aliphatic rings. The highest BCUT2D eigenvalue weighted by Crippen LogP contribution is 2.25. The first-order valence-electron chi connectivity index (χ1n) is 13.7. The van der Waals surface area contributed by atoms with E-state index in [-0.39, 0.29) is 12.4 Å². The van der Waals surface area contributed by atoms with Crippen LogP contribution in [0.1, 0.15) is 62.8 Å². The highest BCUT2D eigenvalue weighted by Gasteiger charge is 2.07. The number of ether oxygens (including phenoxy) is 2. The maximum atomic E-state index is 6.17. The van der Waals surface area contributed by atoms with Crippen LogP contribution in [0.3, 0.4) is 0 Å². The molecule has 214 valence electrons. The Kier molecular flexibility index (Phi) is 16.1. The number of hydrogen-bond donors (Lipinski definition) is 2. The predicted molar refractivity (Wildman–Crippen MR) is 183 cm³/mol. The van der Waals surface area contributed by atoms with E-state index in [2.05, 4.69) is 144 Å². The van der Waals surface area contributed by atoms with Crippen molar-refractivity contribution in [2.24, 2.45) is 11.8 Å². The third-order valence-corrected chi connectivity index (χ3v) is 8.50. The zero-order valence-electron chi connectivity index (χ0n) is 23.6. The summed E-state index contributed by atoms with van der Waals surface area (Å²) in [6, 6.07) is 21.3. The van der Waals surface area contributed by atoms with Gasteiger partial charge in [-0.2, -0.15) is 0 Å². The second-order valence-electron chi connectivity index (χ2n) is 10.2. The summed E-state index contributed by atoms with van der Waals surface area (Å²) in [6.45, 7) is 14.0. The average molecular weight is 777 g/mol. The van der Waals surface area contributed by atoms with Crippen LogP contribution in [0.15, 0.2) is 60.7 Å². The predicted octanol–water partition coefficient (Wildman–Crippen LogP) is 8.75. The van der Waals surface area contributed by atoms with Crippen molar-refractivity contribution in [3.63, 3.8) is 0 Å². The highest BCUT2D eigenvalue weighted by molar-refractivity contribution is 14.1. The van der Waals surface area contributed by atoms with Gasteiger partial charge in [0.05, 0.1) is 7.14 Å². The molecule has 0 aromatic heterocycles. The normalized spacial score (nSPS) is 12.5. The topological polar surface area (TPSA) is 42.5 Å². The fourth-order valence-corrected chi connectivity index (χ4v) is 5.36. The van der Waals surface area contributed by atoms with E-state index in [1.54, 1.807) is 0 Å². The van der Waals surface area contributed by atoms with Gasteiger partial charge in [0.25, 0.3) is 0 Å². The van der Waals surface area contributed by atoms with E-state index in [1.807, 2.05) is 0 Å². The molecule has 0 bridgehead atoms. The van der Waals surface area contributed by atoms with Gasteiger partial charge < -0.3 is 20.1 Å². The van der Waals surface area contributed by atoms with Crippen molar-refractivity contribution in [2.75, 3.05) is 13.1 Å². The molecule has 3 aromatic rings. The molecule has 0 aliphatic carbocycles. The van der Waals surface area contributed by atoms with E-state index >= 15 is 0 Å². The summed E-state index contributed by atoms with van der Waals surface area (Å²) in [6.07, 6.45) is 2.40. The molecule has 0 unspecified atom stereocenters. The summed E-state index contributed by atoms with van der Waals surface area (Å²) in [7, 11) is 0. The van der Waals surface area contributed by atoms with Crippen LogP contribution in [-0.2, 0) is 26.3 Å². The minimum Gasteiger partial charge on any atom is -0.488 e. The SMILES string of the molecule is CC[C@H](C)CNCc1ccc(OCc2cccc(COc3ccc(CNC[C@@H](C)CC)cc3I)c2)c(I)c1.Cl. The van der Waals surface area contributed by atoms with Crippen LogP contribution < -0.4 is 20.1 Å². The van der Waals surface area contributed by atoms with Crippen molar-refractivity contribution in [1.82, 2.24) is 10.6 Å². The molecule has 3 rings (SSSR count). The van der Waals surface area contributed by atoms with Crippen LogP contribution in [-0.4, -0.2) is 13.1 Å². The van der Waals surface area contributed by atoms with Crippen molar-refractivity contribution in [3.8, 4) is 11.5 Å². The van der Waals surface area contributed by atoms with Crippen LogP contribution in [0.25, 0.3) is 0 Å². The van der Waals surface area contributed by atoms with Crippen LogP contribution in [0, 0.1) is 19.0 Å². The van der Waals surface area contributed by atoms with Crippen molar-refractivity contribution in [2.45, 2.75) is 66.8 Å². The lowest BCUT2D eigenvalue weighted by Crippen LogP contribution is -2.20. The molecule has 0 aliphatic heterocycles. The molecular weight excluding hydrogens is 734 g/mol. The van der Waals surface area contributed by atoms with Crippen molar-refractivity contribution in [1.29, 1.82) is 0 Å². The van der Waals surface area contributed by atoms with Crippen LogP contribution in [0.2, 0.25) is 0 Å². The fourth-order valence-electron chi connectivity index (χ4n) is 3.89. The minimum absolute atomic E-state index is 0. The number of hydrogen-bond acceptors (Lipinski definition) is 4. The van der Waals surface area contributed by atoms with Gasteiger partial charge in [0.15, 0.2) is 0 Å². The van der Waals surface area contributed by atoms with Gasteiger partial charge in [-0.15, -0.1) is 12.4 Å². The molecule has 0 saturated carbocycles. The molecule has 2 atom stereocenters. The average Bonchev–Trinajstić information content (AvgIpc) is 2.92. The molecule has 0 heterocycles. The third kappa shape index (κ3) is 12.1. The highest BCUT2D eigenvalue weighted by atomic mass is 127. The molecule has 7 heteroatoms. The molecule has 2 N–H and O–H groups in total. The zero-order valence-corrected chi connectivity index (χ0v) is 28.7. The molecule has 0 fully saturated rings. The smallest absolute Gasteiger partial charge is 0.133 e. The fraction of sp³-hybridized carbons (Fsp3) is 0.438. The van der Waals surface area contributed by atoms with Crippen LogP contribution >= 0.6 is 57.6 Å². The Hall–Kier alpha value is -1.07. The van der Waals surface area contributed by atoms with Crippen molar-refractivity contribution < 1.29 is 9.47 Å². The summed E-state index contributed by atoms with van der Waals surface area (Å²) in [4.78, 5) is 0. The molecule has 3 aromatic carbocycles. The quantitative estimate of drug-likeness (QED) is 0.143. The van der Waals surface area contributed by atoms with Crippen LogP contribution in [0.4, 0.5) is 0 Å². The summed E-state index contributed by atoms with van der Waals surface area (Å²) < 4.78 is 14.6. The Morgan fingerprint density at radius 3 is 1.46 bits per heavy atom. The maximum absolute atomic E-state index is 6.17. The van der Waals surface area contributed by atoms with Gasteiger partial charge in [-0.05, 0) is 123 Å². The van der Waals surface area contributed by atoms with Gasteiger partial charge in [-0.1, -0.05) is 70.9 Å². The Morgan fingerprint density at radius 1 is 0.641 bits per heavy atom. The summed E-state index contributed by atoms with van der Waals surface area (Å²) in [5, 5.41) is 7.09. The zero-order chi connectivity index (χ0) is 27.3. The number of halogens is 3. The van der Waals surface area contributed by atoms with Crippen molar-refractivity contribution >= 4 is 57.6 Å². The second kappa shape index (κ2) is 18.4. The Morgan fingerprint density at radius 2 is 1.08 bits per heavy atom. The first-order valence-corrected chi connectivity index (χ1v) is 15.8. The monoisotopic (exact) mass is 776 g/mol. The maximum Gasteiger partial charge on any atom is 0.133 e. The van der Waals surface area contributed by atoms with Gasteiger partial charge in [0.1, 0.15) is 24.7 Å². The lowest BCUT2D eigenvalue weighted by Gasteiger charge is -2.13. The van der Waals surface area contributed by atoms with Gasteiger partial charge in [0.2, 0.25) is 0 Å². The van der Waals surface area contributed by atoms with E-state index in [0.29, 0.717) is 25.0 Å². The molecular formula is C32H43ClI2N2O2. The third-order valence-electron chi connectivity index (χ3n) is 6.81. The van der Waals surface area contributed by atoms with Gasteiger partial charge in [0, 0.05) is 13.1 Å².